The standard InChI is InChI=1S/C16H32N2O2/c1-11(2)10-20-7-5-6-18-16(19)14-9-15(17)13(4)8-12(14)3/h11-15H,5-10,17H2,1-4H3,(H,18,19). The molecule has 0 radical (unpaired) electrons. The van der Waals surface area contributed by atoms with Crippen LogP contribution in [-0.2, 0) is 9.53 Å². The topological polar surface area (TPSA) is 64.3 Å². The largest absolute Gasteiger partial charge is 0.381 e. The Kier molecular flexibility index (Phi) is 7.52. The number of ether oxygens (including phenoxy) is 1. The Hall–Kier alpha value is -0.610. The van der Waals surface area contributed by atoms with Gasteiger partial charge in [-0.25, -0.2) is 0 Å². The lowest BCUT2D eigenvalue weighted by atomic mass is 9.72. The number of rotatable bonds is 7. The molecule has 4 unspecified atom stereocenters. The summed E-state index contributed by atoms with van der Waals surface area (Å²) in [5, 5.41) is 3.03. The number of nitrogens with two attached hydrogens (primary N) is 1. The average Bonchev–Trinajstić information content (AvgIpc) is 2.37. The molecular formula is C16H32N2O2. The summed E-state index contributed by atoms with van der Waals surface area (Å²) in [6, 6.07) is 0.163. The summed E-state index contributed by atoms with van der Waals surface area (Å²) in [5.74, 6) is 1.78. The van der Waals surface area contributed by atoms with E-state index in [4.69, 9.17) is 10.5 Å². The lowest BCUT2D eigenvalue weighted by Crippen LogP contribution is -2.45. The smallest absolute Gasteiger partial charge is 0.223 e. The van der Waals surface area contributed by atoms with Crippen LogP contribution in [0.1, 0.15) is 47.0 Å². The molecule has 1 amide bonds. The van der Waals surface area contributed by atoms with Gasteiger partial charge in [0.05, 0.1) is 0 Å². The Labute approximate surface area is 123 Å². The van der Waals surface area contributed by atoms with Gasteiger partial charge < -0.3 is 15.8 Å². The molecule has 3 N–H and O–H groups in total. The SMILES string of the molecule is CC(C)COCCCNC(=O)C1CC(N)C(C)CC1C. The molecule has 0 aromatic rings. The van der Waals surface area contributed by atoms with Crippen LogP contribution in [0.5, 0.6) is 0 Å². The van der Waals surface area contributed by atoms with Crippen LogP contribution in [0.25, 0.3) is 0 Å². The monoisotopic (exact) mass is 284 g/mol. The minimum Gasteiger partial charge on any atom is -0.381 e. The summed E-state index contributed by atoms with van der Waals surface area (Å²) >= 11 is 0. The van der Waals surface area contributed by atoms with Crippen LogP contribution in [0.4, 0.5) is 0 Å². The van der Waals surface area contributed by atoms with Crippen molar-refractivity contribution in [1.29, 1.82) is 0 Å². The maximum atomic E-state index is 12.2. The molecule has 0 spiro atoms. The third-order valence-electron chi connectivity index (χ3n) is 4.24. The summed E-state index contributed by atoms with van der Waals surface area (Å²) in [6.45, 7) is 10.8. The molecule has 0 aromatic heterocycles. The van der Waals surface area contributed by atoms with Gasteiger partial charge in [0.25, 0.3) is 0 Å². The van der Waals surface area contributed by atoms with Gasteiger partial charge >= 0.3 is 0 Å². The van der Waals surface area contributed by atoms with Crippen molar-refractivity contribution >= 4 is 5.91 Å². The molecule has 0 heterocycles. The second-order valence-electron chi connectivity index (χ2n) is 6.81. The van der Waals surface area contributed by atoms with Gasteiger partial charge in [-0.15, -0.1) is 0 Å². The zero-order valence-electron chi connectivity index (χ0n) is 13.5. The van der Waals surface area contributed by atoms with E-state index in [1.165, 1.54) is 0 Å². The van der Waals surface area contributed by atoms with E-state index < -0.39 is 0 Å². The predicted molar refractivity (Wildman–Crippen MR) is 82.3 cm³/mol. The highest BCUT2D eigenvalue weighted by Gasteiger charge is 2.34. The molecule has 1 aliphatic rings. The third kappa shape index (κ3) is 5.80. The predicted octanol–water partition coefficient (Wildman–Crippen LogP) is 2.17. The Morgan fingerprint density at radius 2 is 2.00 bits per heavy atom. The van der Waals surface area contributed by atoms with Gasteiger partial charge in [-0.1, -0.05) is 27.7 Å². The van der Waals surface area contributed by atoms with Crippen LogP contribution in [0.15, 0.2) is 0 Å². The van der Waals surface area contributed by atoms with E-state index in [1.807, 2.05) is 0 Å². The van der Waals surface area contributed by atoms with Gasteiger partial charge in [0, 0.05) is 31.7 Å². The van der Waals surface area contributed by atoms with Gasteiger partial charge in [-0.05, 0) is 37.0 Å². The average molecular weight is 284 g/mol. The second-order valence-corrected chi connectivity index (χ2v) is 6.81. The molecule has 1 saturated carbocycles. The molecule has 0 saturated heterocycles. The molecule has 1 fully saturated rings. The highest BCUT2D eigenvalue weighted by atomic mass is 16.5. The maximum absolute atomic E-state index is 12.2. The highest BCUT2D eigenvalue weighted by Crippen LogP contribution is 2.32. The summed E-state index contributed by atoms with van der Waals surface area (Å²) in [7, 11) is 0. The molecule has 118 valence electrons. The lowest BCUT2D eigenvalue weighted by molar-refractivity contribution is -0.128. The van der Waals surface area contributed by atoms with Crippen molar-refractivity contribution in [1.82, 2.24) is 5.32 Å². The van der Waals surface area contributed by atoms with Crippen LogP contribution in [0, 0.1) is 23.7 Å². The number of nitrogens with one attached hydrogen (secondary N) is 1. The number of carbonyl (C=O) groups is 1. The summed E-state index contributed by atoms with van der Waals surface area (Å²) < 4.78 is 5.50. The normalized spacial score (nSPS) is 30.5. The van der Waals surface area contributed by atoms with Crippen molar-refractivity contribution in [2.24, 2.45) is 29.4 Å². The second kappa shape index (κ2) is 8.63. The van der Waals surface area contributed by atoms with Crippen molar-refractivity contribution < 1.29 is 9.53 Å². The quantitative estimate of drug-likeness (QED) is 0.704. The van der Waals surface area contributed by atoms with Crippen LogP contribution < -0.4 is 11.1 Å². The zero-order chi connectivity index (χ0) is 15.1. The van der Waals surface area contributed by atoms with E-state index in [2.05, 4.69) is 33.0 Å². The van der Waals surface area contributed by atoms with Crippen molar-refractivity contribution in [2.75, 3.05) is 19.8 Å². The highest BCUT2D eigenvalue weighted by molar-refractivity contribution is 5.79. The first-order valence-electron chi connectivity index (χ1n) is 8.02. The Balaban J connectivity index is 2.19. The molecule has 0 aromatic carbocycles. The van der Waals surface area contributed by atoms with Gasteiger partial charge in [0.15, 0.2) is 0 Å². The molecule has 1 aliphatic carbocycles. The van der Waals surface area contributed by atoms with Crippen molar-refractivity contribution in [3.8, 4) is 0 Å². The van der Waals surface area contributed by atoms with Crippen molar-refractivity contribution in [3.05, 3.63) is 0 Å². The minimum atomic E-state index is 0.0813. The van der Waals surface area contributed by atoms with E-state index in [0.29, 0.717) is 24.3 Å². The molecule has 4 heteroatoms. The number of amides is 1. The Bertz CT molecular complexity index is 294. The van der Waals surface area contributed by atoms with Gasteiger partial charge in [0.1, 0.15) is 0 Å². The molecule has 0 aliphatic heterocycles. The number of hydrogen-bond donors (Lipinski definition) is 2. The van der Waals surface area contributed by atoms with E-state index in [-0.39, 0.29) is 17.9 Å². The molecular weight excluding hydrogens is 252 g/mol. The number of carbonyl (C=O) groups excluding carboxylic acids is 1. The fraction of sp³-hybridized carbons (Fsp3) is 0.938. The van der Waals surface area contributed by atoms with Crippen LogP contribution in [0.2, 0.25) is 0 Å². The first kappa shape index (κ1) is 17.4. The summed E-state index contributed by atoms with van der Waals surface area (Å²) in [4.78, 5) is 12.2. The summed E-state index contributed by atoms with van der Waals surface area (Å²) in [5.41, 5.74) is 6.09. The van der Waals surface area contributed by atoms with E-state index in [1.54, 1.807) is 0 Å². The van der Waals surface area contributed by atoms with E-state index in [0.717, 1.165) is 32.5 Å². The molecule has 0 bridgehead atoms. The maximum Gasteiger partial charge on any atom is 0.223 e. The number of hydrogen-bond acceptors (Lipinski definition) is 3. The molecule has 4 atom stereocenters. The van der Waals surface area contributed by atoms with Gasteiger partial charge in [-0.2, -0.15) is 0 Å². The van der Waals surface area contributed by atoms with Crippen LogP contribution in [0.3, 0.4) is 0 Å². The van der Waals surface area contributed by atoms with Crippen LogP contribution in [-0.4, -0.2) is 31.7 Å². The van der Waals surface area contributed by atoms with Gasteiger partial charge in [0.2, 0.25) is 5.91 Å². The Morgan fingerprint density at radius 1 is 1.30 bits per heavy atom. The van der Waals surface area contributed by atoms with Crippen molar-refractivity contribution in [3.63, 3.8) is 0 Å². The lowest BCUT2D eigenvalue weighted by Gasteiger charge is -2.36. The van der Waals surface area contributed by atoms with E-state index >= 15 is 0 Å². The van der Waals surface area contributed by atoms with Crippen molar-refractivity contribution in [2.45, 2.75) is 53.0 Å². The third-order valence-corrected chi connectivity index (χ3v) is 4.24. The fourth-order valence-electron chi connectivity index (χ4n) is 2.88. The first-order valence-corrected chi connectivity index (χ1v) is 8.02. The Morgan fingerprint density at radius 3 is 2.65 bits per heavy atom. The zero-order valence-corrected chi connectivity index (χ0v) is 13.5. The van der Waals surface area contributed by atoms with E-state index in [9.17, 15) is 4.79 Å². The molecule has 20 heavy (non-hydrogen) atoms. The summed E-state index contributed by atoms with van der Waals surface area (Å²) in [6.07, 6.45) is 2.75. The molecule has 1 rings (SSSR count). The fourth-order valence-corrected chi connectivity index (χ4v) is 2.88. The van der Waals surface area contributed by atoms with Crippen LogP contribution >= 0.6 is 0 Å². The van der Waals surface area contributed by atoms with Gasteiger partial charge in [-0.3, -0.25) is 4.79 Å². The first-order chi connectivity index (χ1) is 9.41. The molecule has 4 nitrogen and oxygen atoms in total. The minimum absolute atomic E-state index is 0.0813.